The summed E-state index contributed by atoms with van der Waals surface area (Å²) in [6.07, 6.45) is 10.2. The van der Waals surface area contributed by atoms with Crippen LogP contribution in [0.4, 0.5) is 0 Å². The fraction of sp³-hybridized carbons (Fsp3) is 1.00. The molecule has 0 saturated heterocycles. The van der Waals surface area contributed by atoms with Gasteiger partial charge in [-0.1, -0.05) is 81.6 Å². The van der Waals surface area contributed by atoms with E-state index in [0.29, 0.717) is 11.5 Å². The maximum absolute atomic E-state index is 5.63. The molecule has 158 valence electrons. The first-order valence-electron chi connectivity index (χ1n) is 10.9. The van der Waals surface area contributed by atoms with Crippen LogP contribution in [0, 0.1) is 11.3 Å². The van der Waals surface area contributed by atoms with Crippen molar-refractivity contribution in [2.45, 2.75) is 120 Å². The SMILES string of the molecule is CC.CC.CC(C)(C)CCN.CC(C)CCCN.NC1CCCCC1. The Bertz CT molecular complexity index is 192. The van der Waals surface area contributed by atoms with Gasteiger partial charge in [0.05, 0.1) is 0 Å². The van der Waals surface area contributed by atoms with Crippen molar-refractivity contribution in [3.8, 4) is 0 Å². The van der Waals surface area contributed by atoms with Crippen molar-refractivity contribution in [3.63, 3.8) is 0 Å². The van der Waals surface area contributed by atoms with Gasteiger partial charge in [0, 0.05) is 6.04 Å². The largest absolute Gasteiger partial charge is 0.330 e. The van der Waals surface area contributed by atoms with E-state index in [0.717, 1.165) is 25.4 Å². The molecule has 0 amide bonds. The molecule has 3 heteroatoms. The lowest BCUT2D eigenvalue weighted by molar-refractivity contribution is 0.385. The van der Waals surface area contributed by atoms with E-state index in [9.17, 15) is 0 Å². The highest BCUT2D eigenvalue weighted by Crippen LogP contribution is 2.16. The Kier molecular flexibility index (Phi) is 34.0. The second kappa shape index (κ2) is 26.1. The van der Waals surface area contributed by atoms with Crippen LogP contribution < -0.4 is 17.2 Å². The van der Waals surface area contributed by atoms with Gasteiger partial charge in [-0.15, -0.1) is 0 Å². The first-order chi connectivity index (χ1) is 11.7. The standard InChI is InChI=1S/C6H13N.2C6H15N.2C2H6/c7-6-4-2-1-3-5-6;1-6(2,3)4-5-7;1-6(2)4-3-5-7;2*1-2/h6H,1-5,7H2;4-5,7H2,1-3H3;6H,3-5,7H2,1-2H3;2*1-2H3. The van der Waals surface area contributed by atoms with Crippen molar-refractivity contribution < 1.29 is 0 Å². The summed E-state index contributed by atoms with van der Waals surface area (Å²) in [6, 6.07) is 0.536. The molecular weight excluding hydrogens is 306 g/mol. The van der Waals surface area contributed by atoms with E-state index in [1.54, 1.807) is 0 Å². The van der Waals surface area contributed by atoms with Crippen molar-refractivity contribution in [1.29, 1.82) is 0 Å². The van der Waals surface area contributed by atoms with Crippen LogP contribution in [0.1, 0.15) is 114 Å². The maximum atomic E-state index is 5.63. The number of nitrogens with two attached hydrogens (primary N) is 3. The second-order valence-corrected chi connectivity index (χ2v) is 7.82. The Balaban J connectivity index is -0.000000120. The number of hydrogen-bond donors (Lipinski definition) is 3. The molecule has 1 aliphatic carbocycles. The molecule has 0 aromatic heterocycles. The summed E-state index contributed by atoms with van der Waals surface area (Å²) in [5, 5.41) is 0. The van der Waals surface area contributed by atoms with Crippen LogP contribution in [0.3, 0.4) is 0 Å². The van der Waals surface area contributed by atoms with Gasteiger partial charge in [0.2, 0.25) is 0 Å². The van der Waals surface area contributed by atoms with Gasteiger partial charge in [0.15, 0.2) is 0 Å². The maximum Gasteiger partial charge on any atom is 0.00388 e. The van der Waals surface area contributed by atoms with Gasteiger partial charge in [0.1, 0.15) is 0 Å². The highest BCUT2D eigenvalue weighted by molar-refractivity contribution is 4.66. The molecule has 0 aliphatic heterocycles. The van der Waals surface area contributed by atoms with Gasteiger partial charge in [-0.2, -0.15) is 0 Å². The molecule has 0 bridgehead atoms. The Morgan fingerprint density at radius 2 is 1.28 bits per heavy atom. The molecule has 0 unspecified atom stereocenters. The molecule has 0 atom stereocenters. The zero-order valence-corrected chi connectivity index (χ0v) is 19.5. The minimum atomic E-state index is 0.425. The summed E-state index contributed by atoms with van der Waals surface area (Å²) in [6.45, 7) is 20.7. The lowest BCUT2D eigenvalue weighted by Gasteiger charge is -2.15. The molecule has 1 saturated carbocycles. The monoisotopic (exact) mass is 361 g/mol. The highest BCUT2D eigenvalue weighted by Gasteiger charge is 2.06. The van der Waals surface area contributed by atoms with Crippen molar-refractivity contribution in [1.82, 2.24) is 0 Å². The molecule has 25 heavy (non-hydrogen) atoms. The molecule has 0 aromatic carbocycles. The molecule has 1 aliphatic rings. The van der Waals surface area contributed by atoms with E-state index in [1.165, 1.54) is 44.9 Å². The molecule has 6 N–H and O–H groups in total. The molecule has 0 aromatic rings. The third-order valence-corrected chi connectivity index (χ3v) is 3.53. The molecule has 1 rings (SSSR count). The summed E-state index contributed by atoms with van der Waals surface area (Å²) < 4.78 is 0. The summed E-state index contributed by atoms with van der Waals surface area (Å²) in [4.78, 5) is 0. The third-order valence-electron chi connectivity index (χ3n) is 3.53. The van der Waals surface area contributed by atoms with Crippen molar-refractivity contribution in [2.75, 3.05) is 13.1 Å². The fourth-order valence-electron chi connectivity index (χ4n) is 2.09. The van der Waals surface area contributed by atoms with Crippen LogP contribution >= 0.6 is 0 Å². The van der Waals surface area contributed by atoms with Gasteiger partial charge >= 0.3 is 0 Å². The first kappa shape index (κ1) is 32.5. The first-order valence-corrected chi connectivity index (χ1v) is 10.9. The number of hydrogen-bond acceptors (Lipinski definition) is 3. The predicted octanol–water partition coefficient (Wildman–Crippen LogP) is 6.09. The van der Waals surface area contributed by atoms with Crippen LogP contribution in [-0.2, 0) is 0 Å². The predicted molar refractivity (Wildman–Crippen MR) is 120 cm³/mol. The topological polar surface area (TPSA) is 78.1 Å². The van der Waals surface area contributed by atoms with E-state index in [2.05, 4.69) is 34.6 Å². The smallest absolute Gasteiger partial charge is 0.00388 e. The zero-order valence-electron chi connectivity index (χ0n) is 19.5. The average Bonchev–Trinajstić information content (AvgIpc) is 2.57. The van der Waals surface area contributed by atoms with Crippen LogP contribution in [0.2, 0.25) is 0 Å². The van der Waals surface area contributed by atoms with Gasteiger partial charge in [-0.25, -0.2) is 0 Å². The third kappa shape index (κ3) is 45.3. The molecule has 3 nitrogen and oxygen atoms in total. The summed E-state index contributed by atoms with van der Waals surface area (Å²) in [7, 11) is 0. The van der Waals surface area contributed by atoms with Gasteiger partial charge in [-0.3, -0.25) is 0 Å². The number of rotatable bonds is 4. The Morgan fingerprint density at radius 1 is 0.840 bits per heavy atom. The molecule has 0 spiro atoms. The zero-order chi connectivity index (χ0) is 20.7. The molecular formula is C22H55N3. The lowest BCUT2D eigenvalue weighted by atomic mass is 9.93. The van der Waals surface area contributed by atoms with Crippen LogP contribution in [0.25, 0.3) is 0 Å². The lowest BCUT2D eigenvalue weighted by Crippen LogP contribution is -2.22. The molecule has 1 fully saturated rings. The minimum absolute atomic E-state index is 0.425. The van der Waals surface area contributed by atoms with Crippen molar-refractivity contribution >= 4 is 0 Å². The van der Waals surface area contributed by atoms with Crippen LogP contribution in [0.5, 0.6) is 0 Å². The summed E-state index contributed by atoms with van der Waals surface area (Å²) in [5.74, 6) is 0.823. The van der Waals surface area contributed by atoms with Crippen molar-refractivity contribution in [3.05, 3.63) is 0 Å². The van der Waals surface area contributed by atoms with Gasteiger partial charge < -0.3 is 17.2 Å². The van der Waals surface area contributed by atoms with Crippen LogP contribution in [0.15, 0.2) is 0 Å². The van der Waals surface area contributed by atoms with E-state index >= 15 is 0 Å². The Labute approximate surface area is 161 Å². The van der Waals surface area contributed by atoms with Crippen molar-refractivity contribution in [2.24, 2.45) is 28.5 Å². The Hall–Kier alpha value is -0.120. The van der Waals surface area contributed by atoms with Crippen LogP contribution in [-0.4, -0.2) is 19.1 Å². The van der Waals surface area contributed by atoms with Gasteiger partial charge in [0.25, 0.3) is 0 Å². The second-order valence-electron chi connectivity index (χ2n) is 7.82. The van der Waals surface area contributed by atoms with E-state index < -0.39 is 0 Å². The fourth-order valence-corrected chi connectivity index (χ4v) is 2.09. The summed E-state index contributed by atoms with van der Waals surface area (Å²) in [5.41, 5.74) is 16.7. The normalized spacial score (nSPS) is 13.8. The van der Waals surface area contributed by atoms with E-state index in [4.69, 9.17) is 17.2 Å². The minimum Gasteiger partial charge on any atom is -0.330 e. The van der Waals surface area contributed by atoms with E-state index in [-0.39, 0.29) is 0 Å². The van der Waals surface area contributed by atoms with E-state index in [1.807, 2.05) is 27.7 Å². The average molecular weight is 362 g/mol. The van der Waals surface area contributed by atoms with Gasteiger partial charge in [-0.05, 0) is 56.5 Å². The molecule has 0 heterocycles. The Morgan fingerprint density at radius 3 is 1.40 bits per heavy atom. The highest BCUT2D eigenvalue weighted by atomic mass is 14.6. The molecule has 0 radical (unpaired) electrons. The quantitative estimate of drug-likeness (QED) is 0.566. The summed E-state index contributed by atoms with van der Waals surface area (Å²) >= 11 is 0.